The zero-order chi connectivity index (χ0) is 20.6. The zero-order valence-corrected chi connectivity index (χ0v) is 17.2. The molecular weight excluding hydrogens is 391 g/mol. The normalized spacial score (nSPS) is 24.3. The van der Waals surface area contributed by atoms with Crippen molar-refractivity contribution in [3.63, 3.8) is 0 Å². The van der Waals surface area contributed by atoms with E-state index in [0.29, 0.717) is 25.1 Å². The van der Waals surface area contributed by atoms with Gasteiger partial charge in [-0.2, -0.15) is 0 Å². The quantitative estimate of drug-likeness (QED) is 0.814. The molecule has 3 atom stereocenters. The molecule has 1 saturated carbocycles. The van der Waals surface area contributed by atoms with E-state index in [0.717, 1.165) is 30.2 Å². The standard InChI is InChI=1S/C22H25FN2O3S/c1-29(27,28)24-16-9-6-12-25(14-16)22(26)19-13-18(19)17-10-5-11-20(23)21(17)15-7-3-2-4-8-15/h2-5,7-8,10-11,16,18-19,24H,6,9,12-14H2,1H3. The average molecular weight is 417 g/mol. The summed E-state index contributed by atoms with van der Waals surface area (Å²) in [4.78, 5) is 14.8. The van der Waals surface area contributed by atoms with Gasteiger partial charge in [0.05, 0.1) is 6.26 Å². The second-order valence-corrected chi connectivity index (χ2v) is 9.81. The second-order valence-electron chi connectivity index (χ2n) is 8.03. The number of amides is 1. The van der Waals surface area contributed by atoms with Gasteiger partial charge in [0.15, 0.2) is 0 Å². The summed E-state index contributed by atoms with van der Waals surface area (Å²) >= 11 is 0. The van der Waals surface area contributed by atoms with E-state index in [1.807, 2.05) is 36.4 Å². The van der Waals surface area contributed by atoms with Crippen molar-refractivity contribution in [1.29, 1.82) is 0 Å². The summed E-state index contributed by atoms with van der Waals surface area (Å²) in [6.45, 7) is 1.03. The number of nitrogens with one attached hydrogen (secondary N) is 1. The van der Waals surface area contributed by atoms with Crippen LogP contribution in [-0.4, -0.2) is 44.6 Å². The fourth-order valence-corrected chi connectivity index (χ4v) is 5.18. The minimum absolute atomic E-state index is 0.00310. The Morgan fingerprint density at radius 3 is 2.62 bits per heavy atom. The molecule has 1 aliphatic carbocycles. The van der Waals surface area contributed by atoms with E-state index in [2.05, 4.69) is 4.72 Å². The van der Waals surface area contributed by atoms with E-state index in [4.69, 9.17) is 0 Å². The third-order valence-electron chi connectivity index (χ3n) is 5.73. The molecule has 1 amide bonds. The molecule has 1 N–H and O–H groups in total. The first-order valence-corrected chi connectivity index (χ1v) is 11.8. The van der Waals surface area contributed by atoms with Gasteiger partial charge in [-0.05, 0) is 42.4 Å². The lowest BCUT2D eigenvalue weighted by Gasteiger charge is -2.33. The van der Waals surface area contributed by atoms with Gasteiger partial charge in [-0.3, -0.25) is 4.79 Å². The molecule has 0 spiro atoms. The molecule has 0 radical (unpaired) electrons. The fraction of sp³-hybridized carbons (Fsp3) is 0.409. The molecule has 29 heavy (non-hydrogen) atoms. The summed E-state index contributed by atoms with van der Waals surface area (Å²) in [6.07, 6.45) is 3.33. The molecule has 2 aliphatic rings. The van der Waals surface area contributed by atoms with Crippen LogP contribution in [0.25, 0.3) is 11.1 Å². The van der Waals surface area contributed by atoms with Gasteiger partial charge in [-0.1, -0.05) is 42.5 Å². The number of likely N-dealkylation sites (tertiary alicyclic amines) is 1. The molecule has 1 saturated heterocycles. The Morgan fingerprint density at radius 2 is 1.90 bits per heavy atom. The number of benzene rings is 2. The lowest BCUT2D eigenvalue weighted by molar-refractivity contribution is -0.133. The number of hydrogen-bond donors (Lipinski definition) is 1. The van der Waals surface area contributed by atoms with Crippen LogP contribution >= 0.6 is 0 Å². The van der Waals surface area contributed by atoms with Crippen LogP contribution in [-0.2, 0) is 14.8 Å². The topological polar surface area (TPSA) is 66.5 Å². The number of sulfonamides is 1. The lowest BCUT2D eigenvalue weighted by atomic mass is 9.95. The van der Waals surface area contributed by atoms with Crippen LogP contribution in [0.4, 0.5) is 4.39 Å². The van der Waals surface area contributed by atoms with Gasteiger partial charge in [-0.25, -0.2) is 17.5 Å². The van der Waals surface area contributed by atoms with E-state index in [-0.39, 0.29) is 29.6 Å². The second kappa shape index (κ2) is 7.88. The molecule has 4 rings (SSSR count). The number of piperidine rings is 1. The minimum atomic E-state index is -3.30. The van der Waals surface area contributed by atoms with Crippen LogP contribution in [0.1, 0.15) is 30.7 Å². The van der Waals surface area contributed by atoms with Gasteiger partial charge in [0.1, 0.15) is 5.82 Å². The highest BCUT2D eigenvalue weighted by Crippen LogP contribution is 2.51. The van der Waals surface area contributed by atoms with Crippen molar-refractivity contribution < 1.29 is 17.6 Å². The molecule has 3 unspecified atom stereocenters. The van der Waals surface area contributed by atoms with Gasteiger partial charge in [-0.15, -0.1) is 0 Å². The average Bonchev–Trinajstić information content (AvgIpc) is 3.47. The lowest BCUT2D eigenvalue weighted by Crippen LogP contribution is -2.49. The molecule has 154 valence electrons. The molecule has 5 nitrogen and oxygen atoms in total. The van der Waals surface area contributed by atoms with Crippen LogP contribution in [0.5, 0.6) is 0 Å². The summed E-state index contributed by atoms with van der Waals surface area (Å²) in [5.74, 6) is -0.409. The Balaban J connectivity index is 1.51. The Hall–Kier alpha value is -2.25. The molecule has 2 aromatic carbocycles. The maximum absolute atomic E-state index is 14.7. The van der Waals surface area contributed by atoms with Gasteiger partial charge in [0, 0.05) is 30.6 Å². The van der Waals surface area contributed by atoms with Crippen molar-refractivity contribution in [2.75, 3.05) is 19.3 Å². The third kappa shape index (κ3) is 4.51. The van der Waals surface area contributed by atoms with Crippen molar-refractivity contribution in [3.8, 4) is 11.1 Å². The monoisotopic (exact) mass is 416 g/mol. The first-order chi connectivity index (χ1) is 13.8. The number of hydrogen-bond acceptors (Lipinski definition) is 3. The highest BCUT2D eigenvalue weighted by molar-refractivity contribution is 7.88. The Morgan fingerprint density at radius 1 is 1.14 bits per heavy atom. The van der Waals surface area contributed by atoms with Crippen LogP contribution in [0.2, 0.25) is 0 Å². The Bertz CT molecular complexity index is 1010. The molecule has 1 heterocycles. The van der Waals surface area contributed by atoms with Crippen molar-refractivity contribution >= 4 is 15.9 Å². The summed E-state index contributed by atoms with van der Waals surface area (Å²) in [7, 11) is -3.30. The Labute approximate surface area is 171 Å². The van der Waals surface area contributed by atoms with Crippen LogP contribution in [0, 0.1) is 11.7 Å². The van der Waals surface area contributed by atoms with Gasteiger partial charge in [0.25, 0.3) is 0 Å². The number of nitrogens with zero attached hydrogens (tertiary/aromatic N) is 1. The molecule has 2 aromatic rings. The largest absolute Gasteiger partial charge is 0.341 e. The summed E-state index contributed by atoms with van der Waals surface area (Å²) in [6, 6.07) is 14.2. The summed E-state index contributed by atoms with van der Waals surface area (Å²) in [5, 5.41) is 0. The maximum atomic E-state index is 14.7. The highest BCUT2D eigenvalue weighted by atomic mass is 32.2. The molecule has 2 fully saturated rings. The van der Waals surface area contributed by atoms with E-state index in [1.165, 1.54) is 6.07 Å². The first-order valence-electron chi connectivity index (χ1n) is 9.93. The molecule has 7 heteroatoms. The van der Waals surface area contributed by atoms with E-state index < -0.39 is 10.0 Å². The molecule has 1 aliphatic heterocycles. The maximum Gasteiger partial charge on any atom is 0.226 e. The summed E-state index contributed by atoms with van der Waals surface area (Å²) in [5.41, 5.74) is 2.26. The molecular formula is C22H25FN2O3S. The van der Waals surface area contributed by atoms with Crippen molar-refractivity contribution in [2.24, 2.45) is 5.92 Å². The van der Waals surface area contributed by atoms with Crippen molar-refractivity contribution in [3.05, 3.63) is 59.9 Å². The number of carbonyl (C=O) groups excluding carboxylic acids is 1. The SMILES string of the molecule is CS(=O)(=O)NC1CCCN(C(=O)C2CC2c2cccc(F)c2-c2ccccc2)C1. The summed E-state index contributed by atoms with van der Waals surface area (Å²) < 4.78 is 40.3. The van der Waals surface area contributed by atoms with Gasteiger partial charge >= 0.3 is 0 Å². The fourth-order valence-electron chi connectivity index (χ4n) is 4.38. The minimum Gasteiger partial charge on any atom is -0.341 e. The zero-order valence-electron chi connectivity index (χ0n) is 16.3. The number of rotatable bonds is 5. The predicted molar refractivity (Wildman–Crippen MR) is 110 cm³/mol. The smallest absolute Gasteiger partial charge is 0.226 e. The number of halogens is 1. The Kier molecular flexibility index (Phi) is 5.44. The number of carbonyl (C=O) groups is 1. The molecule has 0 aromatic heterocycles. The highest BCUT2D eigenvalue weighted by Gasteiger charge is 2.47. The van der Waals surface area contributed by atoms with Crippen molar-refractivity contribution in [1.82, 2.24) is 9.62 Å². The third-order valence-corrected chi connectivity index (χ3v) is 6.49. The van der Waals surface area contributed by atoms with Crippen LogP contribution in [0.15, 0.2) is 48.5 Å². The van der Waals surface area contributed by atoms with E-state index in [1.54, 1.807) is 11.0 Å². The van der Waals surface area contributed by atoms with Gasteiger partial charge < -0.3 is 4.90 Å². The van der Waals surface area contributed by atoms with Crippen molar-refractivity contribution in [2.45, 2.75) is 31.2 Å². The van der Waals surface area contributed by atoms with E-state index in [9.17, 15) is 17.6 Å². The first kappa shape index (κ1) is 20.0. The van der Waals surface area contributed by atoms with Crippen LogP contribution in [0.3, 0.4) is 0 Å². The predicted octanol–water partition coefficient (Wildman–Crippen LogP) is 3.14. The van der Waals surface area contributed by atoms with Crippen LogP contribution < -0.4 is 4.72 Å². The van der Waals surface area contributed by atoms with Gasteiger partial charge in [0.2, 0.25) is 15.9 Å². The van der Waals surface area contributed by atoms with E-state index >= 15 is 0 Å². The molecule has 0 bridgehead atoms.